The van der Waals surface area contributed by atoms with Crippen molar-refractivity contribution in [1.29, 1.82) is 0 Å². The SMILES string of the molecule is CNC(CC(C)C)C(=O)NC1C(=O)NC(CC(N)=O)C(=O)NC2C(=O)NC3C(=O)NC(C(=O)NC(C(=O)NNC(N)=O)c4cc(O)cc(O)c4-c4cc3ccc4O)C(O)c3ccc(c(Cl)c3)Oc3cc2cc(c3OC2OC(CO)C(O)C(O)C2OC2CC(C)(NCCn3ccc(NC(=O)/C=C/c4ccc(Cl)cc4)nc3=O)C(O)C(C)O2)Oc2ccc(cc2Cl)C1O. The highest BCUT2D eigenvalue weighted by atomic mass is 35.5. The lowest BCUT2D eigenvalue weighted by Gasteiger charge is -2.48. The average Bonchev–Trinajstić information content (AvgIpc) is 0.764. The maximum absolute atomic E-state index is 16.3. The summed E-state index contributed by atoms with van der Waals surface area (Å²) in [5.41, 5.74) is 10.3. The van der Waals surface area contributed by atoms with E-state index in [1.807, 2.05) is 10.9 Å². The van der Waals surface area contributed by atoms with E-state index in [4.69, 9.17) is 74.7 Å². The number of aliphatic hydroxyl groups excluding tert-OH is 6. The Morgan fingerprint density at radius 3 is 1.98 bits per heavy atom. The lowest BCUT2D eigenvalue weighted by molar-refractivity contribution is -0.334. The van der Waals surface area contributed by atoms with E-state index in [1.165, 1.54) is 55.1 Å². The van der Waals surface area contributed by atoms with E-state index in [0.29, 0.717) is 10.6 Å². The van der Waals surface area contributed by atoms with Crippen LogP contribution >= 0.6 is 34.8 Å². The van der Waals surface area contributed by atoms with E-state index in [9.17, 15) is 74.7 Å². The molecule has 8 heterocycles. The summed E-state index contributed by atoms with van der Waals surface area (Å²) in [6, 6.07) is 5.53. The van der Waals surface area contributed by atoms with E-state index in [-0.39, 0.29) is 48.8 Å². The molecule has 14 rings (SSSR count). The minimum atomic E-state index is -2.42. The Morgan fingerprint density at radius 1 is 0.706 bits per heavy atom. The second-order valence-corrected chi connectivity index (χ2v) is 32.1. The van der Waals surface area contributed by atoms with Crippen molar-refractivity contribution in [3.05, 3.63) is 180 Å². The third-order valence-electron chi connectivity index (χ3n) is 21.4. The number of primary amides is 2. The number of fused-ring (bicyclic) bond motifs is 15. The first kappa shape index (κ1) is 92.8. The number of nitrogens with one attached hydrogen (secondary N) is 11. The molecule has 126 heavy (non-hydrogen) atoms. The highest BCUT2D eigenvalue weighted by Crippen LogP contribution is 2.50. The van der Waals surface area contributed by atoms with Gasteiger partial charge in [-0.25, -0.2) is 15.0 Å². The van der Waals surface area contributed by atoms with Gasteiger partial charge in [-0.2, -0.15) is 4.98 Å². The molecule has 24 N–H and O–H groups in total. The molecule has 0 aliphatic carbocycles. The number of carbonyl (C=O) groups is 10. The number of benzene rings is 6. The van der Waals surface area contributed by atoms with Crippen LogP contribution in [0.15, 0.2) is 126 Å². The van der Waals surface area contributed by atoms with Gasteiger partial charge in [0.05, 0.1) is 41.3 Å². The molecule has 11 bridgehead atoms. The molecule has 0 radical (unpaired) electrons. The number of hydrogen-bond acceptors (Lipinski definition) is 29. The summed E-state index contributed by atoms with van der Waals surface area (Å²) >= 11 is 20.3. The molecule has 7 aliphatic rings. The van der Waals surface area contributed by atoms with E-state index in [1.54, 1.807) is 45.0 Å². The number of amides is 11. The molecule has 18 unspecified atom stereocenters. The zero-order chi connectivity index (χ0) is 91.2. The molecule has 2 fully saturated rings. The molecule has 1 aromatic heterocycles. The van der Waals surface area contributed by atoms with Gasteiger partial charge >= 0.3 is 11.7 Å². The summed E-state index contributed by atoms with van der Waals surface area (Å²) < 4.78 is 40.6. The summed E-state index contributed by atoms with van der Waals surface area (Å²) in [6.07, 6.45) is -15.6. The second kappa shape index (κ2) is 39.5. The van der Waals surface area contributed by atoms with Gasteiger partial charge in [-0.3, -0.25) is 53.1 Å². The lowest BCUT2D eigenvalue weighted by atomic mass is 9.85. The Balaban J connectivity index is 0.999. The Bertz CT molecular complexity index is 5460. The Morgan fingerprint density at radius 2 is 1.35 bits per heavy atom. The lowest BCUT2D eigenvalue weighted by Crippen LogP contribution is -2.65. The smallest absolute Gasteiger partial charge is 0.349 e. The molecular formula is C82H90Cl3N15O26. The number of aromatic nitrogens is 2. The summed E-state index contributed by atoms with van der Waals surface area (Å²) in [7, 11) is 1.46. The molecule has 6 aromatic carbocycles. The molecule has 44 heteroatoms. The van der Waals surface area contributed by atoms with Gasteiger partial charge in [-0.15, -0.1) is 0 Å². The first-order valence-corrected chi connectivity index (χ1v) is 40.3. The van der Waals surface area contributed by atoms with Gasteiger partial charge in [0.2, 0.25) is 59.3 Å². The fraction of sp³-hybridized carbons (Fsp3) is 0.366. The number of hydrogen-bond donors (Lipinski definition) is 22. The highest BCUT2D eigenvalue weighted by Gasteiger charge is 2.52. The minimum absolute atomic E-state index is 0.0427. The summed E-state index contributed by atoms with van der Waals surface area (Å²) in [5.74, 6) is -16.8. The molecular weight excluding hydrogens is 1720 g/mol. The predicted octanol–water partition coefficient (Wildman–Crippen LogP) is 0.914. The topological polar surface area (TPSA) is 627 Å². The van der Waals surface area contributed by atoms with Crippen LogP contribution in [0.2, 0.25) is 15.1 Å². The van der Waals surface area contributed by atoms with Crippen molar-refractivity contribution in [3.8, 4) is 57.1 Å². The largest absolute Gasteiger partial charge is 0.508 e. The molecule has 11 amide bonds. The number of nitrogens with two attached hydrogens (primary N) is 2. The zero-order valence-corrected chi connectivity index (χ0v) is 69.7. The third-order valence-corrected chi connectivity index (χ3v) is 22.2. The number of phenols is 3. The normalized spacial score (nSPS) is 25.8. The summed E-state index contributed by atoms with van der Waals surface area (Å²) in [5, 5.41) is 129. The van der Waals surface area contributed by atoms with Gasteiger partial charge in [-0.05, 0) is 145 Å². The zero-order valence-electron chi connectivity index (χ0n) is 67.4. The maximum atomic E-state index is 16.3. The molecule has 0 spiro atoms. The van der Waals surface area contributed by atoms with Crippen LogP contribution in [-0.2, 0) is 63.9 Å². The number of ether oxygens (including phenoxy) is 6. The van der Waals surface area contributed by atoms with Gasteiger partial charge in [-0.1, -0.05) is 79.0 Å². The number of anilines is 1. The standard InChI is InChI=1S/C82H90Cl3N15O26/c1-33(2)22-46(88-5)72(112)96-63-65(107)37-10-15-50(44(84)24-37)122-52-26-39-27-53(69(52)126-79-70(68(110)67(109)54(32-101)124-79)125-58-31-82(4,71(111)34(3)121-58)89-19-21-100-20-18-56(92-81(100)120)91-57(106)17-8-35-6-12-40(83)13-7-35)123-51-16-11-38(25-45(51)85)66(108)64-77(117)95-62(78(118)98-99-80(87)119)43-28-41(102)29-49(104)59(43)42-23-36(9-14-48(42)103)60(74(114)97-64)94-75(115)61(39)93-73(113)47(30-55(86)105)90-76(63)116/h6-18,20,23-29,33-34,46-47,54,58,60-68,70-71,79,88-89,101-104,107-111H,19,21-22,30-32H2,1-5H3,(H2,86,105)(H,90,116)(H,93,113)(H,94,115)(H,95,117)(H,96,112)(H,97,114)(H,98,118)(H3,87,99,119)(H,91,92,106,120)/b17-8+. The number of aromatic hydroxyl groups is 3. The van der Waals surface area contributed by atoms with E-state index >= 15 is 24.0 Å². The van der Waals surface area contributed by atoms with Crippen LogP contribution in [0, 0.1) is 5.92 Å². The highest BCUT2D eigenvalue weighted by molar-refractivity contribution is 6.32. The molecule has 2 saturated heterocycles. The number of carbonyl (C=O) groups excluding carboxylic acids is 10. The maximum Gasteiger partial charge on any atom is 0.349 e. The number of urea groups is 1. The Hall–Kier alpha value is -12.3. The minimum Gasteiger partial charge on any atom is -0.508 e. The van der Waals surface area contributed by atoms with Gasteiger partial charge in [0.1, 0.15) is 101 Å². The Labute approximate surface area is 730 Å². The van der Waals surface area contributed by atoms with Crippen LogP contribution in [-0.4, -0.2) is 214 Å². The van der Waals surface area contributed by atoms with Crippen LogP contribution in [0.1, 0.15) is 111 Å². The molecule has 41 nitrogen and oxygen atoms in total. The van der Waals surface area contributed by atoms with Gasteiger partial charge in [0.25, 0.3) is 5.91 Å². The van der Waals surface area contributed by atoms with Crippen molar-refractivity contribution >= 4 is 106 Å². The Kier molecular flexibility index (Phi) is 29.1. The number of likely N-dealkylation sites (N-methyl/N-ethyl adjacent to an activating group) is 1. The predicted molar refractivity (Wildman–Crippen MR) is 444 cm³/mol. The number of rotatable bonds is 20. The third kappa shape index (κ3) is 21.3. The van der Waals surface area contributed by atoms with Gasteiger partial charge in [0.15, 0.2) is 23.9 Å². The van der Waals surface area contributed by atoms with Crippen LogP contribution < -0.4 is 90.1 Å². The van der Waals surface area contributed by atoms with Gasteiger partial charge in [0, 0.05) is 59.5 Å². The fourth-order valence-electron chi connectivity index (χ4n) is 14.9. The van der Waals surface area contributed by atoms with Crippen LogP contribution in [0.4, 0.5) is 10.6 Å². The van der Waals surface area contributed by atoms with Crippen molar-refractivity contribution in [1.82, 2.24) is 62.9 Å². The second-order valence-electron chi connectivity index (χ2n) is 30.9. The van der Waals surface area contributed by atoms with Gasteiger partial charge < -0.3 is 134 Å². The number of phenolic OH excluding ortho intramolecular Hbond substituents is 3. The van der Waals surface area contributed by atoms with Crippen molar-refractivity contribution in [2.75, 3.05) is 25.5 Å². The van der Waals surface area contributed by atoms with Crippen LogP contribution in [0.3, 0.4) is 0 Å². The molecule has 0 saturated carbocycles. The molecule has 18 atom stereocenters. The fourth-order valence-corrected chi connectivity index (χ4v) is 15.5. The average molecular weight is 1810 g/mol. The first-order chi connectivity index (χ1) is 59.8. The van der Waals surface area contributed by atoms with Crippen molar-refractivity contribution in [3.63, 3.8) is 0 Å². The monoisotopic (exact) mass is 1810 g/mol. The van der Waals surface area contributed by atoms with Crippen molar-refractivity contribution in [2.24, 2.45) is 17.4 Å². The van der Waals surface area contributed by atoms with E-state index in [2.05, 4.69) is 52.8 Å². The summed E-state index contributed by atoms with van der Waals surface area (Å²) in [4.78, 5) is 162. The van der Waals surface area contributed by atoms with E-state index < -0.39 is 271 Å². The van der Waals surface area contributed by atoms with Crippen LogP contribution in [0.25, 0.3) is 17.2 Å². The molecule has 670 valence electrons. The van der Waals surface area contributed by atoms with Crippen molar-refractivity contribution in [2.45, 2.75) is 163 Å². The van der Waals surface area contributed by atoms with Crippen molar-refractivity contribution < 1.29 is 122 Å². The first-order valence-electron chi connectivity index (χ1n) is 39.2. The molecule has 7 aliphatic heterocycles. The quantitative estimate of drug-likeness (QED) is 0.0372. The van der Waals surface area contributed by atoms with E-state index in [0.717, 1.165) is 66.7 Å². The number of hydrazine groups is 1. The van der Waals surface area contributed by atoms with Crippen LogP contribution in [0.5, 0.6) is 46.0 Å². The summed E-state index contributed by atoms with van der Waals surface area (Å²) in [6.45, 7) is 5.55. The number of nitrogens with zero attached hydrogens (tertiary/aromatic N) is 2. The molecule has 7 aromatic rings. The number of aliphatic hydroxyl groups is 6. The number of halogens is 3.